The highest BCUT2D eigenvalue weighted by molar-refractivity contribution is 6.31. The van der Waals surface area contributed by atoms with E-state index in [0.717, 1.165) is 17.9 Å². The van der Waals surface area contributed by atoms with Crippen molar-refractivity contribution < 1.29 is 19.8 Å². The molecule has 1 unspecified atom stereocenters. The number of carboxylic acid groups (broad SMARTS) is 2. The molecule has 0 aliphatic carbocycles. The lowest BCUT2D eigenvalue weighted by Gasteiger charge is -2.09. The van der Waals surface area contributed by atoms with Crippen LogP contribution in [0.3, 0.4) is 0 Å². The SMILES string of the molecule is CC(CCc1ccccc1Cl)NN.O=C([O-])C(=O)[O-]. The van der Waals surface area contributed by atoms with Gasteiger partial charge in [0, 0.05) is 11.1 Å². The lowest BCUT2D eigenvalue weighted by Crippen LogP contribution is -2.42. The van der Waals surface area contributed by atoms with Crippen LogP contribution in [0.4, 0.5) is 0 Å². The predicted molar refractivity (Wildman–Crippen MR) is 66.6 cm³/mol. The summed E-state index contributed by atoms with van der Waals surface area (Å²) in [4.78, 5) is 17.9. The van der Waals surface area contributed by atoms with Gasteiger partial charge in [0.1, 0.15) is 0 Å². The highest BCUT2D eigenvalue weighted by Gasteiger charge is 2.02. The molecule has 0 aliphatic rings. The van der Waals surface area contributed by atoms with Crippen molar-refractivity contribution in [2.45, 2.75) is 25.8 Å². The minimum Gasteiger partial charge on any atom is -0.543 e. The van der Waals surface area contributed by atoms with Crippen molar-refractivity contribution in [3.8, 4) is 0 Å². The molecule has 0 radical (unpaired) electrons. The second-order valence-corrected chi connectivity index (χ2v) is 4.18. The van der Waals surface area contributed by atoms with Crippen molar-refractivity contribution in [2.24, 2.45) is 5.84 Å². The van der Waals surface area contributed by atoms with E-state index in [0.29, 0.717) is 6.04 Å². The van der Waals surface area contributed by atoms with E-state index < -0.39 is 11.9 Å². The Morgan fingerprint density at radius 2 is 1.84 bits per heavy atom. The van der Waals surface area contributed by atoms with Gasteiger partial charge >= 0.3 is 0 Å². The van der Waals surface area contributed by atoms with Gasteiger partial charge in [0.15, 0.2) is 0 Å². The molecule has 0 fully saturated rings. The summed E-state index contributed by atoms with van der Waals surface area (Å²) in [5, 5.41) is 18.7. The van der Waals surface area contributed by atoms with Crippen molar-refractivity contribution in [3.05, 3.63) is 34.9 Å². The number of benzene rings is 1. The summed E-state index contributed by atoms with van der Waals surface area (Å²) < 4.78 is 0. The minimum atomic E-state index is -2.19. The predicted octanol–water partition coefficient (Wildman–Crippen LogP) is -1.39. The number of nitrogens with two attached hydrogens (primary N) is 1. The van der Waals surface area contributed by atoms with Gasteiger partial charge in [0.05, 0.1) is 11.9 Å². The Labute approximate surface area is 116 Å². The summed E-state index contributed by atoms with van der Waals surface area (Å²) in [5.41, 5.74) is 3.90. The van der Waals surface area contributed by atoms with Gasteiger partial charge in [-0.05, 0) is 31.4 Å². The second-order valence-electron chi connectivity index (χ2n) is 3.77. The van der Waals surface area contributed by atoms with Crippen LogP contribution < -0.4 is 21.5 Å². The molecule has 106 valence electrons. The maximum atomic E-state index is 8.93. The van der Waals surface area contributed by atoms with E-state index in [-0.39, 0.29) is 0 Å². The zero-order valence-electron chi connectivity index (χ0n) is 10.4. The highest BCUT2D eigenvalue weighted by Crippen LogP contribution is 2.16. The number of carboxylic acids is 2. The third-order valence-corrected chi connectivity index (χ3v) is 2.62. The summed E-state index contributed by atoms with van der Waals surface area (Å²) in [6, 6.07) is 8.23. The molecule has 7 heteroatoms. The van der Waals surface area contributed by atoms with Crippen LogP contribution in [0.1, 0.15) is 18.9 Å². The molecule has 1 aromatic rings. The van der Waals surface area contributed by atoms with Crippen LogP contribution in [0.5, 0.6) is 0 Å². The zero-order valence-corrected chi connectivity index (χ0v) is 11.1. The number of carbonyl (C=O) groups excluding carboxylic acids is 2. The van der Waals surface area contributed by atoms with E-state index in [1.807, 2.05) is 24.3 Å². The highest BCUT2D eigenvalue weighted by atomic mass is 35.5. The van der Waals surface area contributed by atoms with E-state index in [1.54, 1.807) is 0 Å². The first kappa shape index (κ1) is 17.4. The van der Waals surface area contributed by atoms with Crippen LogP contribution in [0.2, 0.25) is 5.02 Å². The first-order valence-corrected chi connectivity index (χ1v) is 5.88. The molecule has 0 aromatic heterocycles. The molecule has 0 amide bonds. The summed E-state index contributed by atoms with van der Waals surface area (Å²) in [6.45, 7) is 2.05. The lowest BCUT2D eigenvalue weighted by atomic mass is 10.1. The van der Waals surface area contributed by atoms with Gasteiger partial charge in [-0.25, -0.2) is 0 Å². The Bertz CT molecular complexity index is 414. The quantitative estimate of drug-likeness (QED) is 0.400. The van der Waals surface area contributed by atoms with Gasteiger partial charge in [-0.2, -0.15) is 0 Å². The van der Waals surface area contributed by atoms with Gasteiger partial charge < -0.3 is 19.8 Å². The van der Waals surface area contributed by atoms with Crippen LogP contribution in [-0.4, -0.2) is 18.0 Å². The third-order valence-electron chi connectivity index (χ3n) is 2.26. The van der Waals surface area contributed by atoms with Gasteiger partial charge in [0.25, 0.3) is 0 Å². The van der Waals surface area contributed by atoms with E-state index in [4.69, 9.17) is 37.2 Å². The molecule has 1 atom stereocenters. The Morgan fingerprint density at radius 3 is 2.26 bits per heavy atom. The molecule has 6 nitrogen and oxygen atoms in total. The number of aryl methyl sites for hydroxylation is 1. The molecule has 1 aromatic carbocycles. The normalized spacial score (nSPS) is 11.1. The first-order chi connectivity index (χ1) is 8.88. The number of hydrogen-bond acceptors (Lipinski definition) is 6. The average molecular weight is 287 g/mol. The topological polar surface area (TPSA) is 118 Å². The number of rotatable bonds is 4. The lowest BCUT2D eigenvalue weighted by molar-refractivity contribution is -0.345. The molecular formula is C12H15ClN2O4-2. The molecule has 19 heavy (non-hydrogen) atoms. The van der Waals surface area contributed by atoms with Crippen molar-refractivity contribution in [3.63, 3.8) is 0 Å². The van der Waals surface area contributed by atoms with Crippen LogP contribution in [0.25, 0.3) is 0 Å². The van der Waals surface area contributed by atoms with Gasteiger partial charge in [-0.1, -0.05) is 29.8 Å². The molecule has 0 saturated heterocycles. The monoisotopic (exact) mass is 286 g/mol. The van der Waals surface area contributed by atoms with E-state index in [1.165, 1.54) is 5.56 Å². The smallest absolute Gasteiger partial charge is 0.0870 e. The molecule has 1 rings (SSSR count). The fourth-order valence-electron chi connectivity index (χ4n) is 1.16. The third kappa shape index (κ3) is 8.15. The molecule has 0 aliphatic heterocycles. The second kappa shape index (κ2) is 9.32. The average Bonchev–Trinajstić information content (AvgIpc) is 2.38. The Morgan fingerprint density at radius 1 is 1.32 bits per heavy atom. The summed E-state index contributed by atoms with van der Waals surface area (Å²) in [7, 11) is 0. The van der Waals surface area contributed by atoms with Crippen molar-refractivity contribution in [1.82, 2.24) is 5.43 Å². The summed E-state index contributed by atoms with van der Waals surface area (Å²) in [5.74, 6) is 0.921. The number of hydrazine groups is 1. The van der Waals surface area contributed by atoms with Gasteiger partial charge in [-0.3, -0.25) is 11.3 Å². The van der Waals surface area contributed by atoms with Gasteiger partial charge in [0.2, 0.25) is 0 Å². The number of carbonyl (C=O) groups is 2. The molecule has 3 N–H and O–H groups in total. The Hall–Kier alpha value is -1.63. The number of aliphatic carboxylic acids is 2. The van der Waals surface area contributed by atoms with Crippen LogP contribution in [0.15, 0.2) is 24.3 Å². The Kier molecular flexibility index (Phi) is 8.52. The van der Waals surface area contributed by atoms with Crippen LogP contribution >= 0.6 is 11.6 Å². The van der Waals surface area contributed by atoms with Gasteiger partial charge in [-0.15, -0.1) is 0 Å². The van der Waals surface area contributed by atoms with Crippen molar-refractivity contribution in [2.75, 3.05) is 0 Å². The molecule has 0 saturated carbocycles. The largest absolute Gasteiger partial charge is 0.543 e. The zero-order chi connectivity index (χ0) is 14.8. The fraction of sp³-hybridized carbons (Fsp3) is 0.333. The van der Waals surface area contributed by atoms with Crippen LogP contribution in [-0.2, 0) is 16.0 Å². The minimum absolute atomic E-state index is 0.330. The van der Waals surface area contributed by atoms with E-state index in [2.05, 4.69) is 12.3 Å². The number of nitrogens with one attached hydrogen (secondary N) is 1. The van der Waals surface area contributed by atoms with E-state index in [9.17, 15) is 0 Å². The molecule has 0 bridgehead atoms. The maximum Gasteiger partial charge on any atom is 0.0870 e. The fourth-order valence-corrected chi connectivity index (χ4v) is 1.39. The summed E-state index contributed by atoms with van der Waals surface area (Å²) >= 11 is 6.00. The Balaban J connectivity index is 0.000000459. The molecule has 0 heterocycles. The number of hydrogen-bond donors (Lipinski definition) is 2. The number of halogens is 1. The summed E-state index contributed by atoms with van der Waals surface area (Å²) in [6.07, 6.45) is 1.96. The molecule has 0 spiro atoms. The standard InChI is InChI=1S/C10H15ClN2.C2H2O4/c1-8(13-12)6-7-9-4-2-3-5-10(9)11;3-1(4)2(5)6/h2-5,8,13H,6-7,12H2,1H3;(H,3,4)(H,5,6)/p-2. The van der Waals surface area contributed by atoms with E-state index >= 15 is 0 Å². The van der Waals surface area contributed by atoms with Crippen molar-refractivity contribution in [1.29, 1.82) is 0 Å². The van der Waals surface area contributed by atoms with Crippen LogP contribution in [0, 0.1) is 0 Å². The first-order valence-electron chi connectivity index (χ1n) is 5.50. The van der Waals surface area contributed by atoms with Crippen molar-refractivity contribution >= 4 is 23.5 Å². The molecular weight excluding hydrogens is 272 g/mol. The maximum absolute atomic E-state index is 8.93.